The Hall–Kier alpha value is -1.26. The Morgan fingerprint density at radius 3 is 2.62 bits per heavy atom. The van der Waals surface area contributed by atoms with E-state index in [4.69, 9.17) is 16.4 Å². The minimum atomic E-state index is -0.532. The van der Waals surface area contributed by atoms with E-state index in [1.807, 2.05) is 0 Å². The molecular weight excluding hydrogens is 230 g/mol. The van der Waals surface area contributed by atoms with Crippen molar-refractivity contribution in [2.75, 3.05) is 0 Å². The molecule has 0 saturated heterocycles. The molecular formula is C11H14ClNO3. The quantitative estimate of drug-likeness (QED) is 0.785. The molecule has 0 radical (unpaired) electrons. The molecule has 0 fully saturated rings. The van der Waals surface area contributed by atoms with Gasteiger partial charge < -0.3 is 5.11 Å². The fraction of sp³-hybridized carbons (Fsp3) is 0.364. The van der Waals surface area contributed by atoms with Crippen LogP contribution in [0.15, 0.2) is 18.2 Å². The number of carbonyl (C=O) groups excluding carboxylic acids is 1. The van der Waals surface area contributed by atoms with Crippen molar-refractivity contribution >= 4 is 17.5 Å². The lowest BCUT2D eigenvalue weighted by molar-refractivity contribution is -0.0590. The number of hydrogen-bond donors (Lipinski definition) is 2. The van der Waals surface area contributed by atoms with Gasteiger partial charge in [0.15, 0.2) is 0 Å². The fourth-order valence-electron chi connectivity index (χ4n) is 0.945. The van der Waals surface area contributed by atoms with Crippen LogP contribution in [-0.4, -0.2) is 16.6 Å². The van der Waals surface area contributed by atoms with E-state index in [0.29, 0.717) is 5.02 Å². The summed E-state index contributed by atoms with van der Waals surface area (Å²) < 4.78 is 0. The monoisotopic (exact) mass is 243 g/mol. The van der Waals surface area contributed by atoms with Gasteiger partial charge in [-0.1, -0.05) is 11.6 Å². The summed E-state index contributed by atoms with van der Waals surface area (Å²) in [5.41, 5.74) is 1.83. The predicted molar refractivity (Wildman–Crippen MR) is 61.4 cm³/mol. The predicted octanol–water partition coefficient (Wildman–Crippen LogP) is 2.51. The highest BCUT2D eigenvalue weighted by Gasteiger charge is 2.16. The van der Waals surface area contributed by atoms with Crippen LogP contribution in [-0.2, 0) is 4.84 Å². The summed E-state index contributed by atoms with van der Waals surface area (Å²) in [6.45, 7) is 5.39. The van der Waals surface area contributed by atoms with Gasteiger partial charge in [-0.2, -0.15) is 0 Å². The average molecular weight is 244 g/mol. The van der Waals surface area contributed by atoms with Gasteiger partial charge in [-0.05, 0) is 39.0 Å². The first-order valence-electron chi connectivity index (χ1n) is 4.76. The van der Waals surface area contributed by atoms with Gasteiger partial charge in [0.1, 0.15) is 5.75 Å². The second kappa shape index (κ2) is 4.72. The highest BCUT2D eigenvalue weighted by molar-refractivity contribution is 6.31. The van der Waals surface area contributed by atoms with Crippen molar-refractivity contribution in [3.63, 3.8) is 0 Å². The van der Waals surface area contributed by atoms with Gasteiger partial charge in [0.25, 0.3) is 5.91 Å². The minimum Gasteiger partial charge on any atom is -0.507 e. The highest BCUT2D eigenvalue weighted by Crippen LogP contribution is 2.21. The summed E-state index contributed by atoms with van der Waals surface area (Å²) in [6, 6.07) is 4.23. The molecule has 88 valence electrons. The molecule has 1 aromatic rings. The summed E-state index contributed by atoms with van der Waals surface area (Å²) in [6.07, 6.45) is 0. The molecule has 16 heavy (non-hydrogen) atoms. The van der Waals surface area contributed by atoms with Gasteiger partial charge in [0, 0.05) is 5.02 Å². The number of phenolic OH excluding ortho intramolecular Hbond substituents is 1. The molecule has 0 spiro atoms. The van der Waals surface area contributed by atoms with Crippen LogP contribution >= 0.6 is 11.6 Å². The lowest BCUT2D eigenvalue weighted by Gasteiger charge is -2.19. The van der Waals surface area contributed by atoms with E-state index in [0.717, 1.165) is 0 Å². The van der Waals surface area contributed by atoms with Crippen molar-refractivity contribution in [1.29, 1.82) is 0 Å². The van der Waals surface area contributed by atoms with E-state index in [2.05, 4.69) is 5.48 Å². The fourth-order valence-corrected chi connectivity index (χ4v) is 1.12. The van der Waals surface area contributed by atoms with Crippen LogP contribution < -0.4 is 5.48 Å². The van der Waals surface area contributed by atoms with Gasteiger partial charge in [0.05, 0.1) is 11.2 Å². The van der Waals surface area contributed by atoms with Crippen LogP contribution in [0.5, 0.6) is 5.75 Å². The molecule has 0 aliphatic rings. The smallest absolute Gasteiger partial charge is 0.278 e. The van der Waals surface area contributed by atoms with E-state index >= 15 is 0 Å². The lowest BCUT2D eigenvalue weighted by Crippen LogP contribution is -2.33. The van der Waals surface area contributed by atoms with Crippen molar-refractivity contribution < 1.29 is 14.7 Å². The Morgan fingerprint density at radius 2 is 2.06 bits per heavy atom. The Labute approximate surface area is 99.1 Å². The number of phenols is 1. The van der Waals surface area contributed by atoms with Crippen LogP contribution in [0.25, 0.3) is 0 Å². The molecule has 1 amide bonds. The molecule has 0 bridgehead atoms. The molecule has 0 aliphatic carbocycles. The molecule has 0 atom stereocenters. The summed E-state index contributed by atoms with van der Waals surface area (Å²) >= 11 is 5.72. The third kappa shape index (κ3) is 3.72. The maximum absolute atomic E-state index is 11.6. The second-order valence-corrected chi connectivity index (χ2v) is 4.74. The number of rotatable bonds is 2. The first kappa shape index (κ1) is 12.8. The number of amides is 1. The Balaban J connectivity index is 2.77. The number of hydrogen-bond acceptors (Lipinski definition) is 3. The van der Waals surface area contributed by atoms with Crippen molar-refractivity contribution in [2.45, 2.75) is 26.4 Å². The number of nitrogens with one attached hydrogen (secondary N) is 1. The number of benzene rings is 1. The number of halogens is 1. The normalized spacial score (nSPS) is 11.2. The van der Waals surface area contributed by atoms with E-state index in [-0.39, 0.29) is 11.3 Å². The topological polar surface area (TPSA) is 58.6 Å². The van der Waals surface area contributed by atoms with Gasteiger partial charge >= 0.3 is 0 Å². The molecule has 5 heteroatoms. The summed E-state index contributed by atoms with van der Waals surface area (Å²) in [5, 5.41) is 9.83. The molecule has 1 rings (SSSR count). The Morgan fingerprint density at radius 1 is 1.44 bits per heavy atom. The largest absolute Gasteiger partial charge is 0.507 e. The van der Waals surface area contributed by atoms with Crippen LogP contribution in [0.4, 0.5) is 0 Å². The summed E-state index contributed by atoms with van der Waals surface area (Å²) in [4.78, 5) is 16.7. The molecule has 1 aromatic carbocycles. The summed E-state index contributed by atoms with van der Waals surface area (Å²) in [5.74, 6) is -0.672. The van der Waals surface area contributed by atoms with Crippen molar-refractivity contribution in [3.05, 3.63) is 28.8 Å². The SMILES string of the molecule is CC(C)(C)ONC(=O)c1cc(Cl)ccc1O. The zero-order chi connectivity index (χ0) is 12.3. The zero-order valence-electron chi connectivity index (χ0n) is 9.37. The average Bonchev–Trinajstić information content (AvgIpc) is 2.17. The van der Waals surface area contributed by atoms with Gasteiger partial charge in [-0.15, -0.1) is 0 Å². The Kier molecular flexibility index (Phi) is 3.78. The molecule has 2 N–H and O–H groups in total. The molecule has 0 aliphatic heterocycles. The molecule has 0 heterocycles. The van der Waals surface area contributed by atoms with Crippen LogP contribution in [0.1, 0.15) is 31.1 Å². The van der Waals surface area contributed by atoms with E-state index in [1.165, 1.54) is 18.2 Å². The van der Waals surface area contributed by atoms with Gasteiger partial charge in [-0.3, -0.25) is 9.63 Å². The van der Waals surface area contributed by atoms with Crippen LogP contribution in [0, 0.1) is 0 Å². The maximum atomic E-state index is 11.6. The zero-order valence-corrected chi connectivity index (χ0v) is 10.1. The number of hydroxylamine groups is 1. The summed E-state index contributed by atoms with van der Waals surface area (Å²) in [7, 11) is 0. The number of aromatic hydroxyl groups is 1. The highest BCUT2D eigenvalue weighted by atomic mass is 35.5. The minimum absolute atomic E-state index is 0.0803. The van der Waals surface area contributed by atoms with E-state index < -0.39 is 11.5 Å². The van der Waals surface area contributed by atoms with Gasteiger partial charge in [-0.25, -0.2) is 5.48 Å². The van der Waals surface area contributed by atoms with Crippen LogP contribution in [0.2, 0.25) is 5.02 Å². The third-order valence-corrected chi connectivity index (χ3v) is 1.89. The van der Waals surface area contributed by atoms with Crippen molar-refractivity contribution in [2.24, 2.45) is 0 Å². The number of carbonyl (C=O) groups is 1. The van der Waals surface area contributed by atoms with E-state index in [1.54, 1.807) is 20.8 Å². The first-order valence-corrected chi connectivity index (χ1v) is 5.14. The molecule has 4 nitrogen and oxygen atoms in total. The van der Waals surface area contributed by atoms with Crippen LogP contribution in [0.3, 0.4) is 0 Å². The Bertz CT molecular complexity index is 399. The van der Waals surface area contributed by atoms with Gasteiger partial charge in [0.2, 0.25) is 0 Å². The molecule has 0 unspecified atom stereocenters. The van der Waals surface area contributed by atoms with Crippen molar-refractivity contribution in [3.8, 4) is 5.75 Å². The molecule has 0 aromatic heterocycles. The van der Waals surface area contributed by atoms with E-state index in [9.17, 15) is 9.90 Å². The third-order valence-electron chi connectivity index (χ3n) is 1.65. The van der Waals surface area contributed by atoms with Crippen molar-refractivity contribution in [1.82, 2.24) is 5.48 Å². The first-order chi connectivity index (χ1) is 7.29. The maximum Gasteiger partial charge on any atom is 0.278 e. The lowest BCUT2D eigenvalue weighted by atomic mass is 10.2. The standard InChI is InChI=1S/C11H14ClNO3/c1-11(2,3)16-13-10(15)8-6-7(12)4-5-9(8)14/h4-6,14H,1-3H3,(H,13,15). The molecule has 0 saturated carbocycles. The second-order valence-electron chi connectivity index (χ2n) is 4.31.